The molecule has 0 saturated carbocycles. The van der Waals surface area contributed by atoms with Crippen LogP contribution in [-0.2, 0) is 14.3 Å². The summed E-state index contributed by atoms with van der Waals surface area (Å²) in [7, 11) is 0. The van der Waals surface area contributed by atoms with E-state index in [0.717, 1.165) is 0 Å². The molecule has 5 heteroatoms. The van der Waals surface area contributed by atoms with Crippen LogP contribution in [0.25, 0.3) is 0 Å². The fraction of sp³-hybridized carbons (Fsp3) is 0.889. The van der Waals surface area contributed by atoms with Crippen molar-refractivity contribution in [2.45, 2.75) is 44.4 Å². The average Bonchev–Trinajstić information content (AvgIpc) is 2.54. The van der Waals surface area contributed by atoms with Crippen LogP contribution in [0.2, 0.25) is 0 Å². The number of carbonyl (C=O) groups excluding carboxylic acids is 1. The number of aliphatic hydroxyl groups excluding tert-OH is 1. The first kappa shape index (κ1) is 9.89. The minimum atomic E-state index is -1.59. The van der Waals surface area contributed by atoms with Crippen LogP contribution in [0, 0.1) is 5.92 Å². The Balaban J connectivity index is 2.18. The number of carbonyl (C=O) groups is 1. The molecule has 0 aromatic heterocycles. The molecule has 80 valence electrons. The molecule has 0 amide bonds. The second-order valence-corrected chi connectivity index (χ2v) is 4.06. The first-order valence-corrected chi connectivity index (χ1v) is 4.73. The van der Waals surface area contributed by atoms with Gasteiger partial charge < -0.3 is 19.7 Å². The summed E-state index contributed by atoms with van der Waals surface area (Å²) < 4.78 is 10.2. The lowest BCUT2D eigenvalue weighted by atomic mass is 9.96. The molecule has 5 atom stereocenters. The molecule has 2 aliphatic rings. The van der Waals surface area contributed by atoms with E-state index in [2.05, 4.69) is 0 Å². The van der Waals surface area contributed by atoms with Crippen LogP contribution in [0.15, 0.2) is 0 Å². The van der Waals surface area contributed by atoms with Crippen LogP contribution in [-0.4, -0.2) is 40.3 Å². The summed E-state index contributed by atoms with van der Waals surface area (Å²) in [4.78, 5) is 11.3. The Hall–Kier alpha value is -0.650. The maximum absolute atomic E-state index is 11.3. The first-order chi connectivity index (χ1) is 6.44. The summed E-state index contributed by atoms with van der Waals surface area (Å²) in [5.74, 6) is -2.38. The molecule has 2 saturated heterocycles. The number of aliphatic hydroxyl groups is 2. The number of rotatable bonds is 1. The smallest absolute Gasteiger partial charge is 0.312 e. The highest BCUT2D eigenvalue weighted by Crippen LogP contribution is 2.42. The topological polar surface area (TPSA) is 76.0 Å². The van der Waals surface area contributed by atoms with Gasteiger partial charge in [0, 0.05) is 6.42 Å². The summed E-state index contributed by atoms with van der Waals surface area (Å²) in [6, 6.07) is 0. The third kappa shape index (κ3) is 1.24. The van der Waals surface area contributed by atoms with Crippen molar-refractivity contribution in [3.63, 3.8) is 0 Å². The van der Waals surface area contributed by atoms with Gasteiger partial charge in [-0.2, -0.15) is 0 Å². The molecular formula is C9H14O5. The highest BCUT2D eigenvalue weighted by molar-refractivity contribution is 5.76. The minimum absolute atomic E-state index is 0.110. The summed E-state index contributed by atoms with van der Waals surface area (Å²) in [5.41, 5.74) is 0. The molecule has 5 nitrogen and oxygen atoms in total. The standard InChI is InChI=1S/C9H14O5/c1-4-7-6(8(11)13-4)3-9(12,14-7)5(2)10/h4-7,10,12H,3H2,1-2H3/t4-,5-,6+,7+,9-/m1/s1. The molecule has 0 aromatic rings. The van der Waals surface area contributed by atoms with Crippen molar-refractivity contribution in [3.05, 3.63) is 0 Å². The Kier molecular flexibility index (Phi) is 2.06. The second-order valence-electron chi connectivity index (χ2n) is 4.06. The Morgan fingerprint density at radius 1 is 1.64 bits per heavy atom. The highest BCUT2D eigenvalue weighted by Gasteiger charge is 2.57. The van der Waals surface area contributed by atoms with Gasteiger partial charge in [-0.1, -0.05) is 0 Å². The van der Waals surface area contributed by atoms with Crippen LogP contribution < -0.4 is 0 Å². The van der Waals surface area contributed by atoms with Gasteiger partial charge in [0.2, 0.25) is 0 Å². The zero-order valence-corrected chi connectivity index (χ0v) is 8.14. The molecule has 2 N–H and O–H groups in total. The third-order valence-corrected chi connectivity index (χ3v) is 2.97. The molecule has 0 bridgehead atoms. The molecule has 0 spiro atoms. The van der Waals surface area contributed by atoms with Gasteiger partial charge in [-0.3, -0.25) is 4.79 Å². The van der Waals surface area contributed by atoms with Crippen LogP contribution in [0.5, 0.6) is 0 Å². The Labute approximate surface area is 81.6 Å². The molecule has 2 rings (SSSR count). The van der Waals surface area contributed by atoms with Crippen molar-refractivity contribution < 1.29 is 24.5 Å². The van der Waals surface area contributed by atoms with E-state index in [0.29, 0.717) is 0 Å². The van der Waals surface area contributed by atoms with Gasteiger partial charge in [0.1, 0.15) is 18.3 Å². The molecule has 2 heterocycles. The molecule has 2 fully saturated rings. The largest absolute Gasteiger partial charge is 0.460 e. The van der Waals surface area contributed by atoms with Gasteiger partial charge in [-0.25, -0.2) is 0 Å². The molecule has 0 unspecified atom stereocenters. The molecule has 14 heavy (non-hydrogen) atoms. The number of hydrogen-bond donors (Lipinski definition) is 2. The van der Waals surface area contributed by atoms with Crippen LogP contribution in [0.3, 0.4) is 0 Å². The van der Waals surface area contributed by atoms with Crippen molar-refractivity contribution in [2.24, 2.45) is 5.92 Å². The lowest BCUT2D eigenvalue weighted by molar-refractivity contribution is -0.249. The normalized spacial score (nSPS) is 48.9. The summed E-state index contributed by atoms with van der Waals surface area (Å²) in [6.07, 6.45) is -1.67. The monoisotopic (exact) mass is 202 g/mol. The predicted octanol–water partition coefficient (Wildman–Crippen LogP) is -0.594. The van der Waals surface area contributed by atoms with Gasteiger partial charge in [-0.15, -0.1) is 0 Å². The molecule has 2 aliphatic heterocycles. The number of cyclic esters (lactones) is 1. The Morgan fingerprint density at radius 3 is 2.79 bits per heavy atom. The number of ether oxygens (including phenoxy) is 2. The van der Waals surface area contributed by atoms with E-state index >= 15 is 0 Å². The molecule has 0 radical (unpaired) electrons. The SMILES string of the molecule is C[C@H]1OC(=O)[C@H]2C[C@](O)([C@@H](C)O)O[C@H]21. The zero-order chi connectivity index (χ0) is 10.5. The van der Waals surface area contributed by atoms with Crippen molar-refractivity contribution in [1.82, 2.24) is 0 Å². The fourth-order valence-electron chi connectivity index (χ4n) is 2.04. The second kappa shape index (κ2) is 2.92. The van der Waals surface area contributed by atoms with E-state index in [9.17, 15) is 15.0 Å². The molecular weight excluding hydrogens is 188 g/mol. The maximum Gasteiger partial charge on any atom is 0.312 e. The van der Waals surface area contributed by atoms with Crippen molar-refractivity contribution in [2.75, 3.05) is 0 Å². The lowest BCUT2D eigenvalue weighted by Crippen LogP contribution is -2.42. The highest BCUT2D eigenvalue weighted by atomic mass is 16.7. The lowest BCUT2D eigenvalue weighted by Gasteiger charge is -2.27. The van der Waals surface area contributed by atoms with Gasteiger partial charge >= 0.3 is 5.97 Å². The Bertz CT molecular complexity index is 264. The molecule has 0 aromatic carbocycles. The maximum atomic E-state index is 11.3. The predicted molar refractivity (Wildman–Crippen MR) is 45.2 cm³/mol. The summed E-state index contributed by atoms with van der Waals surface area (Å²) >= 11 is 0. The van der Waals surface area contributed by atoms with Crippen LogP contribution >= 0.6 is 0 Å². The van der Waals surface area contributed by atoms with E-state index in [-0.39, 0.29) is 18.5 Å². The third-order valence-electron chi connectivity index (χ3n) is 2.97. The summed E-state index contributed by atoms with van der Waals surface area (Å²) in [6.45, 7) is 3.16. The van der Waals surface area contributed by atoms with E-state index in [4.69, 9.17) is 9.47 Å². The van der Waals surface area contributed by atoms with Gasteiger partial charge in [-0.05, 0) is 13.8 Å². The first-order valence-electron chi connectivity index (χ1n) is 4.73. The van der Waals surface area contributed by atoms with Crippen LogP contribution in [0.1, 0.15) is 20.3 Å². The van der Waals surface area contributed by atoms with Gasteiger partial charge in [0.15, 0.2) is 5.79 Å². The fourth-order valence-corrected chi connectivity index (χ4v) is 2.04. The van der Waals surface area contributed by atoms with Crippen molar-refractivity contribution in [1.29, 1.82) is 0 Å². The van der Waals surface area contributed by atoms with E-state index < -0.39 is 23.9 Å². The molecule has 0 aliphatic carbocycles. The average molecular weight is 202 g/mol. The van der Waals surface area contributed by atoms with E-state index in [1.54, 1.807) is 6.92 Å². The van der Waals surface area contributed by atoms with Crippen molar-refractivity contribution in [3.8, 4) is 0 Å². The van der Waals surface area contributed by atoms with E-state index in [1.807, 2.05) is 0 Å². The van der Waals surface area contributed by atoms with Gasteiger partial charge in [0.25, 0.3) is 0 Å². The zero-order valence-electron chi connectivity index (χ0n) is 8.14. The number of esters is 1. The van der Waals surface area contributed by atoms with Crippen LogP contribution in [0.4, 0.5) is 0 Å². The number of fused-ring (bicyclic) bond motifs is 1. The quantitative estimate of drug-likeness (QED) is 0.556. The van der Waals surface area contributed by atoms with E-state index in [1.165, 1.54) is 6.92 Å². The Morgan fingerprint density at radius 2 is 2.29 bits per heavy atom. The number of hydrogen-bond acceptors (Lipinski definition) is 5. The van der Waals surface area contributed by atoms with Crippen molar-refractivity contribution >= 4 is 5.97 Å². The summed E-state index contributed by atoms with van der Waals surface area (Å²) in [5, 5.41) is 19.1. The minimum Gasteiger partial charge on any atom is -0.460 e. The van der Waals surface area contributed by atoms with Gasteiger partial charge in [0.05, 0.1) is 5.92 Å².